The lowest BCUT2D eigenvalue weighted by Gasteiger charge is -2.64. The van der Waals surface area contributed by atoms with Crippen LogP contribution in [0.3, 0.4) is 0 Å². The second-order valence-electron chi connectivity index (χ2n) is 11.6. The molecule has 0 radical (unpaired) electrons. The maximum Gasteiger partial charge on any atom is 0.261 e. The lowest BCUT2D eigenvalue weighted by atomic mass is 9.48. The minimum absolute atomic E-state index is 0.0621. The van der Waals surface area contributed by atoms with Gasteiger partial charge in [0.2, 0.25) is 0 Å². The van der Waals surface area contributed by atoms with Crippen molar-refractivity contribution >= 4 is 21.9 Å². The quantitative estimate of drug-likeness (QED) is 0.288. The van der Waals surface area contributed by atoms with Crippen molar-refractivity contribution in [2.45, 2.75) is 80.6 Å². The lowest BCUT2D eigenvalue weighted by Crippen LogP contribution is -2.78. The Morgan fingerprint density at radius 1 is 1.15 bits per heavy atom. The molecule has 5 atom stereocenters. The molecule has 6 aliphatic rings. The first-order valence-corrected chi connectivity index (χ1v) is 15.4. The predicted molar refractivity (Wildman–Crippen MR) is 141 cm³/mol. The summed E-state index contributed by atoms with van der Waals surface area (Å²) in [7, 11) is -3.67. The van der Waals surface area contributed by atoms with E-state index in [1.807, 2.05) is 12.1 Å². The third kappa shape index (κ3) is 3.66. The molecule has 2 fully saturated rings. The summed E-state index contributed by atoms with van der Waals surface area (Å²) in [6.45, 7) is 5.37. The number of aromatic hydroxyl groups is 1. The number of piperidine rings is 1. The highest BCUT2D eigenvalue weighted by molar-refractivity contribution is 7.85. The summed E-state index contributed by atoms with van der Waals surface area (Å²) in [5, 5.41) is 23.2. The molecule has 1 aromatic rings. The second-order valence-corrected chi connectivity index (χ2v) is 13.1. The van der Waals surface area contributed by atoms with Gasteiger partial charge in [0.15, 0.2) is 11.5 Å². The molecule has 1 unspecified atom stereocenters. The van der Waals surface area contributed by atoms with Gasteiger partial charge in [-0.05, 0) is 69.5 Å². The van der Waals surface area contributed by atoms with Gasteiger partial charge >= 0.3 is 0 Å². The van der Waals surface area contributed by atoms with E-state index in [2.05, 4.69) is 11.5 Å². The van der Waals surface area contributed by atoms with Crippen molar-refractivity contribution in [3.05, 3.63) is 47.1 Å². The molecule has 0 aromatic heterocycles. The number of rotatable bonds is 3. The van der Waals surface area contributed by atoms with E-state index < -0.39 is 33.3 Å². The van der Waals surface area contributed by atoms with E-state index in [0.717, 1.165) is 30.5 Å². The van der Waals surface area contributed by atoms with Crippen molar-refractivity contribution in [2.24, 2.45) is 0 Å². The van der Waals surface area contributed by atoms with Crippen LogP contribution in [0.2, 0.25) is 0 Å². The Morgan fingerprint density at radius 2 is 1.79 bits per heavy atom. The zero-order chi connectivity index (χ0) is 27.9. The molecule has 1 aromatic carbocycles. The van der Waals surface area contributed by atoms with Crippen LogP contribution >= 0.6 is 0 Å². The molecular formula is C28H34N2O8S. The Hall–Kier alpha value is -2.73. The molecule has 7 rings (SSSR count). The summed E-state index contributed by atoms with van der Waals surface area (Å²) in [5.74, 6) is 0.145. The predicted octanol–water partition coefficient (Wildman–Crippen LogP) is 1.84. The van der Waals surface area contributed by atoms with Gasteiger partial charge in [0.1, 0.15) is 6.10 Å². The van der Waals surface area contributed by atoms with Crippen LogP contribution in [0.4, 0.5) is 0 Å². The van der Waals surface area contributed by atoms with Crippen molar-refractivity contribution in [3.63, 3.8) is 0 Å². The number of benzene rings is 1. The largest absolute Gasteiger partial charge is 0.504 e. The number of aliphatic hydroxyl groups is 1. The van der Waals surface area contributed by atoms with E-state index >= 15 is 0 Å². The average molecular weight is 559 g/mol. The van der Waals surface area contributed by atoms with Gasteiger partial charge in [-0.3, -0.25) is 23.9 Å². The summed E-state index contributed by atoms with van der Waals surface area (Å²) in [6, 6.07) is 3.05. The molecule has 3 heterocycles. The maximum absolute atomic E-state index is 13.5. The van der Waals surface area contributed by atoms with E-state index in [1.165, 1.54) is 4.90 Å². The Balaban J connectivity index is 0.000000510. The molecule has 3 N–H and O–H groups in total. The molecule has 39 heavy (non-hydrogen) atoms. The van der Waals surface area contributed by atoms with Crippen LogP contribution in [0.5, 0.6) is 11.5 Å². The van der Waals surface area contributed by atoms with Crippen LogP contribution < -0.4 is 4.74 Å². The Bertz CT molecular complexity index is 1380. The van der Waals surface area contributed by atoms with Crippen LogP contribution in [0, 0.1) is 0 Å². The number of nitrogens with zero attached hydrogens (tertiary/aromatic N) is 2. The monoisotopic (exact) mass is 558 g/mol. The highest BCUT2D eigenvalue weighted by Gasteiger charge is 2.74. The zero-order valence-corrected chi connectivity index (χ0v) is 22.7. The van der Waals surface area contributed by atoms with Crippen molar-refractivity contribution in [3.8, 4) is 11.5 Å². The number of carbonyl (C=O) groups excluding carboxylic acids is 2. The summed E-state index contributed by atoms with van der Waals surface area (Å²) >= 11 is 0. The van der Waals surface area contributed by atoms with Crippen LogP contribution in [0.15, 0.2) is 35.9 Å². The third-order valence-electron chi connectivity index (χ3n) is 9.66. The first kappa shape index (κ1) is 26.5. The molecule has 3 aliphatic heterocycles. The Kier molecular flexibility index (Phi) is 6.04. The smallest absolute Gasteiger partial charge is 0.261 e. The summed E-state index contributed by atoms with van der Waals surface area (Å²) in [6.07, 6.45) is 7.49. The molecule has 1 saturated carbocycles. The van der Waals surface area contributed by atoms with Gasteiger partial charge in [0.05, 0.1) is 23.3 Å². The van der Waals surface area contributed by atoms with Crippen molar-refractivity contribution < 1.29 is 37.5 Å². The normalized spacial score (nSPS) is 34.6. The second kappa shape index (κ2) is 8.89. The highest BCUT2D eigenvalue weighted by atomic mass is 32.2. The van der Waals surface area contributed by atoms with Crippen LogP contribution in [0.1, 0.15) is 56.1 Å². The molecule has 3 aliphatic carbocycles. The van der Waals surface area contributed by atoms with Crippen LogP contribution in [-0.2, 0) is 31.5 Å². The third-order valence-corrected chi connectivity index (χ3v) is 9.66. The number of imide groups is 1. The topological polar surface area (TPSA) is 145 Å². The average Bonchev–Trinajstić information content (AvgIpc) is 3.35. The van der Waals surface area contributed by atoms with Crippen LogP contribution in [-0.4, -0.2) is 87.9 Å². The molecule has 1 spiro atoms. The van der Waals surface area contributed by atoms with E-state index in [-0.39, 0.29) is 23.6 Å². The number of hydrogen-bond acceptors (Lipinski definition) is 8. The molecular weight excluding hydrogens is 524 g/mol. The minimum Gasteiger partial charge on any atom is -0.504 e. The van der Waals surface area contributed by atoms with Gasteiger partial charge in [0, 0.05) is 29.3 Å². The summed E-state index contributed by atoms with van der Waals surface area (Å²) in [4.78, 5) is 30.7. The molecule has 210 valence electrons. The number of phenols is 1. The highest BCUT2D eigenvalue weighted by Crippen LogP contribution is 2.66. The van der Waals surface area contributed by atoms with Gasteiger partial charge < -0.3 is 14.9 Å². The van der Waals surface area contributed by atoms with E-state index in [1.54, 1.807) is 6.07 Å². The first-order valence-electron chi connectivity index (χ1n) is 13.5. The van der Waals surface area contributed by atoms with E-state index in [4.69, 9.17) is 9.29 Å². The number of amides is 2. The Morgan fingerprint density at radius 3 is 2.41 bits per heavy atom. The van der Waals surface area contributed by atoms with E-state index in [0.29, 0.717) is 68.2 Å². The number of ether oxygens (including phenoxy) is 1. The lowest BCUT2D eigenvalue weighted by molar-refractivity contribution is -0.199. The van der Waals surface area contributed by atoms with Gasteiger partial charge in [-0.25, -0.2) is 0 Å². The number of likely N-dealkylation sites (tertiary alicyclic amines) is 1. The zero-order valence-electron chi connectivity index (χ0n) is 21.9. The fourth-order valence-electron chi connectivity index (χ4n) is 8.32. The summed E-state index contributed by atoms with van der Waals surface area (Å²) in [5.41, 5.74) is 1.50. The fourth-order valence-corrected chi connectivity index (χ4v) is 8.32. The maximum atomic E-state index is 13.5. The standard InChI is InChI=1S/C27H30N2O5.CH4O3S/c1-2-12-28-13-11-26-21-15-7-8-19(30)22(21)34-23(26)18(9-10-27(26,33)20(28)14-15)29-24(31)16-5-3-4-6-17(16)25(29)32;1-5(2,3)4/h2,7-8,18,20,23,30,33H,1,3-6,9-14H2;1H3,(H,2,3,4)/t18-,20+,23-,26-,27?;/m0./s1. The minimum atomic E-state index is -3.67. The van der Waals surface area contributed by atoms with Crippen LogP contribution in [0.25, 0.3) is 0 Å². The van der Waals surface area contributed by atoms with E-state index in [9.17, 15) is 28.2 Å². The molecule has 2 amide bonds. The molecule has 11 heteroatoms. The number of hydrogen-bond donors (Lipinski definition) is 3. The van der Waals surface area contributed by atoms with Gasteiger partial charge in [0.25, 0.3) is 21.9 Å². The number of carbonyl (C=O) groups is 2. The fraction of sp³-hybridized carbons (Fsp3) is 0.571. The SMILES string of the molecule is C=CCN1CC[C@]23c4c5ccc(O)c4O[C@H]2[C@@H](N2C(=O)C4=C(CCCC4)C2=O)CCC3(O)[C@H]1C5.CS(=O)(=O)O. The van der Waals surface area contributed by atoms with Crippen molar-refractivity contribution in [1.82, 2.24) is 9.80 Å². The molecule has 10 nitrogen and oxygen atoms in total. The molecule has 2 bridgehead atoms. The number of phenolic OH excluding ortho intramolecular Hbond substituents is 1. The van der Waals surface area contributed by atoms with Gasteiger partial charge in [-0.2, -0.15) is 8.42 Å². The summed E-state index contributed by atoms with van der Waals surface area (Å²) < 4.78 is 32.4. The van der Waals surface area contributed by atoms with Crippen molar-refractivity contribution in [2.75, 3.05) is 19.3 Å². The van der Waals surface area contributed by atoms with Crippen molar-refractivity contribution in [1.29, 1.82) is 0 Å². The van der Waals surface area contributed by atoms with Gasteiger partial charge in [-0.15, -0.1) is 6.58 Å². The van der Waals surface area contributed by atoms with Gasteiger partial charge in [-0.1, -0.05) is 12.1 Å². The Labute approximate surface area is 227 Å². The molecule has 1 saturated heterocycles. The first-order chi connectivity index (χ1) is 18.4.